The molecule has 12 heavy (non-hydrogen) atoms. The number of rotatable bonds is 5. The van der Waals surface area contributed by atoms with E-state index in [0.717, 1.165) is 18.7 Å². The van der Waals surface area contributed by atoms with Crippen LogP contribution in [0.5, 0.6) is 0 Å². The third-order valence-corrected chi connectivity index (χ3v) is 2.22. The van der Waals surface area contributed by atoms with Gasteiger partial charge in [0.2, 0.25) is 0 Å². The van der Waals surface area contributed by atoms with E-state index in [-0.39, 0.29) is 0 Å². The molecule has 3 heteroatoms. The van der Waals surface area contributed by atoms with Gasteiger partial charge in [-0.25, -0.2) is 0 Å². The van der Waals surface area contributed by atoms with Gasteiger partial charge < -0.3 is 5.73 Å². The minimum Gasteiger partial charge on any atom is -0.398 e. The van der Waals surface area contributed by atoms with Crippen LogP contribution in [0, 0.1) is 0 Å². The largest absolute Gasteiger partial charge is 0.398 e. The molecule has 0 aliphatic heterocycles. The Kier molecular flexibility index (Phi) is 7.16. The van der Waals surface area contributed by atoms with Crippen molar-refractivity contribution in [1.29, 1.82) is 0 Å². The first-order valence-corrected chi connectivity index (χ1v) is 5.50. The third-order valence-electron chi connectivity index (χ3n) is 1.44. The predicted octanol–water partition coefficient (Wildman–Crippen LogP) is 2.67. The van der Waals surface area contributed by atoms with Crippen LogP contribution in [0.3, 0.4) is 0 Å². The normalized spacial score (nSPS) is 13.2. The molecular formula is C9H18BNS. The first kappa shape index (κ1) is 11.7. The van der Waals surface area contributed by atoms with Crippen LogP contribution in [0.15, 0.2) is 22.8 Å². The molecule has 0 saturated carbocycles. The molecular weight excluding hydrogens is 165 g/mol. The molecule has 0 amide bonds. The lowest BCUT2D eigenvalue weighted by molar-refractivity contribution is 0.903. The number of nitrogens with two attached hydrogens (primary N) is 1. The van der Waals surface area contributed by atoms with Crippen LogP contribution < -0.4 is 5.73 Å². The van der Waals surface area contributed by atoms with Gasteiger partial charge in [0.1, 0.15) is 0 Å². The maximum Gasteiger partial charge on any atom is 0.194 e. The topological polar surface area (TPSA) is 26.0 Å². The Hall–Kier alpha value is -0.305. The quantitative estimate of drug-likeness (QED) is 0.523. The molecule has 0 radical (unpaired) electrons. The third kappa shape index (κ3) is 6.41. The second-order valence-corrected chi connectivity index (χ2v) is 3.96. The van der Waals surface area contributed by atoms with Gasteiger partial charge in [0.25, 0.3) is 0 Å². The summed E-state index contributed by atoms with van der Waals surface area (Å²) in [7, 11) is 0. The predicted molar refractivity (Wildman–Crippen MR) is 61.5 cm³/mol. The highest BCUT2D eigenvalue weighted by Crippen LogP contribution is 2.08. The number of hydrogen-bond acceptors (Lipinski definition) is 2. The zero-order chi connectivity index (χ0) is 9.40. The van der Waals surface area contributed by atoms with Crippen LogP contribution in [0.1, 0.15) is 26.7 Å². The molecule has 0 bridgehead atoms. The van der Waals surface area contributed by atoms with Crippen molar-refractivity contribution in [2.75, 3.05) is 0 Å². The minimum atomic E-state index is 0.882. The molecule has 0 rings (SSSR count). The Labute approximate surface area is 80.6 Å². The lowest BCUT2D eigenvalue weighted by atomic mass is 10.1. The number of allylic oxidation sites excluding steroid dienone is 2. The molecule has 0 unspecified atom stereocenters. The molecule has 1 nitrogen and oxygen atoms in total. The van der Waals surface area contributed by atoms with Crippen LogP contribution in [-0.2, 0) is 0 Å². The van der Waals surface area contributed by atoms with Crippen LogP contribution in [0.4, 0.5) is 0 Å². The van der Waals surface area contributed by atoms with E-state index in [1.165, 1.54) is 12.0 Å². The van der Waals surface area contributed by atoms with E-state index in [0.29, 0.717) is 0 Å². The van der Waals surface area contributed by atoms with Gasteiger partial charge in [-0.3, -0.25) is 0 Å². The molecule has 68 valence electrons. The summed E-state index contributed by atoms with van der Waals surface area (Å²) in [6, 6.07) is 0. The Morgan fingerprint density at radius 1 is 1.58 bits per heavy atom. The molecule has 0 aromatic carbocycles. The maximum absolute atomic E-state index is 5.75. The first-order chi connectivity index (χ1) is 5.70. The van der Waals surface area contributed by atoms with Gasteiger partial charge in [0.15, 0.2) is 6.56 Å². The summed E-state index contributed by atoms with van der Waals surface area (Å²) in [4.78, 5) is 0. The molecule has 2 N–H and O–H groups in total. The van der Waals surface area contributed by atoms with Crippen molar-refractivity contribution in [3.63, 3.8) is 0 Å². The van der Waals surface area contributed by atoms with Gasteiger partial charge in [-0.1, -0.05) is 25.7 Å². The fourth-order valence-electron chi connectivity index (χ4n) is 0.965. The summed E-state index contributed by atoms with van der Waals surface area (Å²) >= 11 is 1.74. The zero-order valence-electron chi connectivity index (χ0n) is 8.26. The summed E-state index contributed by atoms with van der Waals surface area (Å²) in [5.41, 5.74) is 8.00. The van der Waals surface area contributed by atoms with Crippen molar-refractivity contribution in [1.82, 2.24) is 0 Å². The van der Waals surface area contributed by atoms with Crippen molar-refractivity contribution < 1.29 is 0 Å². The Morgan fingerprint density at radius 3 is 2.75 bits per heavy atom. The van der Waals surface area contributed by atoms with Gasteiger partial charge in [-0.05, 0) is 24.8 Å². The Morgan fingerprint density at radius 2 is 2.25 bits per heavy atom. The van der Waals surface area contributed by atoms with Gasteiger partial charge >= 0.3 is 0 Å². The second kappa shape index (κ2) is 7.35. The fourth-order valence-corrected chi connectivity index (χ4v) is 1.39. The molecule has 0 spiro atoms. The molecule has 0 saturated heterocycles. The molecule has 0 atom stereocenters. The summed E-state index contributed by atoms with van der Waals surface area (Å²) < 4.78 is 0. The fraction of sp³-hybridized carbons (Fsp3) is 0.556. The van der Waals surface area contributed by atoms with Crippen LogP contribution in [0.2, 0.25) is 6.82 Å². The van der Waals surface area contributed by atoms with Crippen molar-refractivity contribution in [2.24, 2.45) is 5.73 Å². The van der Waals surface area contributed by atoms with Crippen LogP contribution in [-0.4, -0.2) is 6.56 Å². The highest BCUT2D eigenvalue weighted by Gasteiger charge is 1.88. The maximum atomic E-state index is 5.75. The monoisotopic (exact) mass is 183 g/mol. The van der Waals surface area contributed by atoms with Crippen molar-refractivity contribution in [2.45, 2.75) is 33.5 Å². The summed E-state index contributed by atoms with van der Waals surface area (Å²) in [6.07, 6.45) is 4.40. The van der Waals surface area contributed by atoms with Crippen LogP contribution >= 0.6 is 11.6 Å². The average molecular weight is 183 g/mol. The molecule has 0 aromatic rings. The average Bonchev–Trinajstić information content (AvgIpc) is 2.01. The number of hydrogen-bond donors (Lipinski definition) is 1. The smallest absolute Gasteiger partial charge is 0.194 e. The van der Waals surface area contributed by atoms with Gasteiger partial charge in [-0.2, -0.15) is 11.6 Å². The van der Waals surface area contributed by atoms with E-state index >= 15 is 0 Å². The molecule has 0 aliphatic rings. The summed E-state index contributed by atoms with van der Waals surface area (Å²) in [5, 5.41) is 2.01. The van der Waals surface area contributed by atoms with E-state index in [9.17, 15) is 0 Å². The second-order valence-electron chi connectivity index (χ2n) is 2.81. The summed E-state index contributed by atoms with van der Waals surface area (Å²) in [6.45, 7) is 7.51. The van der Waals surface area contributed by atoms with Crippen molar-refractivity contribution in [3.8, 4) is 0 Å². The Balaban J connectivity index is 3.93. The summed E-state index contributed by atoms with van der Waals surface area (Å²) in [5.74, 6) is 0. The zero-order valence-corrected chi connectivity index (χ0v) is 9.08. The Bertz CT molecular complexity index is 175. The molecule has 0 fully saturated rings. The molecule has 0 aliphatic carbocycles. The van der Waals surface area contributed by atoms with E-state index in [1.807, 2.05) is 5.41 Å². The van der Waals surface area contributed by atoms with E-state index in [2.05, 4.69) is 26.7 Å². The van der Waals surface area contributed by atoms with E-state index in [1.54, 1.807) is 11.6 Å². The van der Waals surface area contributed by atoms with Crippen molar-refractivity contribution >= 4 is 18.2 Å². The van der Waals surface area contributed by atoms with Crippen molar-refractivity contribution in [3.05, 3.63) is 22.8 Å². The lowest BCUT2D eigenvalue weighted by Crippen LogP contribution is -1.93. The minimum absolute atomic E-state index is 0.882. The SMILES string of the molecule is CBS/C=C(N)/C=C(\C)CCC. The van der Waals surface area contributed by atoms with E-state index in [4.69, 9.17) is 5.73 Å². The highest BCUT2D eigenvalue weighted by atomic mass is 32.2. The van der Waals surface area contributed by atoms with Gasteiger partial charge in [-0.15, -0.1) is 0 Å². The standard InChI is InChI=1S/C9H18BNS/c1-4-5-8(2)6-9(11)7-12-10-3/h6-7,10H,4-5,11H2,1-3H3/b8-6+,9-7-. The van der Waals surface area contributed by atoms with Gasteiger partial charge in [0.05, 0.1) is 0 Å². The van der Waals surface area contributed by atoms with Gasteiger partial charge in [0, 0.05) is 5.70 Å². The first-order valence-electron chi connectivity index (χ1n) is 4.45. The molecule has 0 heterocycles. The van der Waals surface area contributed by atoms with Crippen LogP contribution in [0.25, 0.3) is 0 Å². The highest BCUT2D eigenvalue weighted by molar-refractivity contribution is 8.24. The van der Waals surface area contributed by atoms with E-state index < -0.39 is 0 Å². The lowest BCUT2D eigenvalue weighted by Gasteiger charge is -1.98. The molecule has 0 aromatic heterocycles.